The molecule has 0 aliphatic heterocycles. The van der Waals surface area contributed by atoms with Gasteiger partial charge in [-0.1, -0.05) is 25.7 Å². The van der Waals surface area contributed by atoms with E-state index in [9.17, 15) is 0 Å². The van der Waals surface area contributed by atoms with Crippen LogP contribution in [0, 0.1) is 0 Å². The third kappa shape index (κ3) is 19.4. The first-order chi connectivity index (χ1) is 7.72. The van der Waals surface area contributed by atoms with Gasteiger partial charge in [0.25, 0.3) is 0 Å². The zero-order valence-corrected chi connectivity index (χ0v) is 9.88. The largest absolute Gasteiger partial charge is 0.396 e. The summed E-state index contributed by atoms with van der Waals surface area (Å²) in [6, 6.07) is 0. The molecule has 5 N–H and O–H groups in total. The second kappa shape index (κ2) is 17.2. The highest BCUT2D eigenvalue weighted by atomic mass is 16.3. The SMILES string of the molecule is OCC(O)CO.OCCCCCCCCO. The Labute approximate surface area is 97.4 Å². The van der Waals surface area contributed by atoms with E-state index in [-0.39, 0.29) is 13.2 Å². The molecule has 0 spiro atoms. The van der Waals surface area contributed by atoms with Crippen molar-refractivity contribution in [3.05, 3.63) is 0 Å². The Hall–Kier alpha value is -0.200. The summed E-state index contributed by atoms with van der Waals surface area (Å²) in [4.78, 5) is 0. The van der Waals surface area contributed by atoms with Crippen LogP contribution in [-0.2, 0) is 0 Å². The van der Waals surface area contributed by atoms with Gasteiger partial charge in [0.15, 0.2) is 0 Å². The van der Waals surface area contributed by atoms with Gasteiger partial charge in [-0.05, 0) is 12.8 Å². The Morgan fingerprint density at radius 3 is 1.06 bits per heavy atom. The first-order valence-corrected chi connectivity index (χ1v) is 5.84. The fourth-order valence-electron chi connectivity index (χ4n) is 0.988. The van der Waals surface area contributed by atoms with Crippen LogP contribution in [0.25, 0.3) is 0 Å². The van der Waals surface area contributed by atoms with Crippen molar-refractivity contribution in [2.75, 3.05) is 26.4 Å². The number of hydrogen-bond donors (Lipinski definition) is 5. The average molecular weight is 238 g/mol. The maximum atomic E-state index is 8.43. The second-order valence-electron chi connectivity index (χ2n) is 3.59. The molecule has 0 heterocycles. The lowest BCUT2D eigenvalue weighted by Gasteiger charge is -1.97. The molecular weight excluding hydrogens is 212 g/mol. The van der Waals surface area contributed by atoms with Crippen molar-refractivity contribution in [3.8, 4) is 0 Å². The van der Waals surface area contributed by atoms with E-state index in [2.05, 4.69) is 0 Å². The summed E-state index contributed by atoms with van der Waals surface area (Å²) in [5.41, 5.74) is 0. The Kier molecular flexibility index (Phi) is 19.5. The van der Waals surface area contributed by atoms with Crippen LogP contribution in [0.4, 0.5) is 0 Å². The smallest absolute Gasteiger partial charge is 0.100 e. The van der Waals surface area contributed by atoms with Crippen molar-refractivity contribution in [2.45, 2.75) is 44.6 Å². The standard InChI is InChI=1S/C8H18O2.C3H8O3/c9-7-5-3-1-2-4-6-8-10;4-1-3(6)2-5/h9-10H,1-8H2;3-6H,1-2H2. The summed E-state index contributed by atoms with van der Waals surface area (Å²) in [5, 5.41) is 40.9. The Balaban J connectivity index is 0. The van der Waals surface area contributed by atoms with E-state index in [0.29, 0.717) is 13.2 Å². The highest BCUT2D eigenvalue weighted by Crippen LogP contribution is 2.03. The highest BCUT2D eigenvalue weighted by Gasteiger charge is 1.93. The Bertz CT molecular complexity index is 98.5. The number of hydrogen-bond acceptors (Lipinski definition) is 5. The van der Waals surface area contributed by atoms with Crippen molar-refractivity contribution >= 4 is 0 Å². The van der Waals surface area contributed by atoms with Gasteiger partial charge < -0.3 is 25.5 Å². The number of rotatable bonds is 9. The number of aliphatic hydroxyl groups excluding tert-OH is 5. The van der Waals surface area contributed by atoms with Crippen LogP contribution in [0.5, 0.6) is 0 Å². The fourth-order valence-corrected chi connectivity index (χ4v) is 0.988. The van der Waals surface area contributed by atoms with Crippen LogP contribution in [0.3, 0.4) is 0 Å². The quantitative estimate of drug-likeness (QED) is 0.353. The molecule has 5 heteroatoms. The summed E-state index contributed by atoms with van der Waals surface area (Å²) in [6.07, 6.45) is 5.55. The molecule has 100 valence electrons. The summed E-state index contributed by atoms with van der Waals surface area (Å²) in [7, 11) is 0. The fraction of sp³-hybridized carbons (Fsp3) is 1.00. The van der Waals surface area contributed by atoms with Crippen molar-refractivity contribution in [3.63, 3.8) is 0 Å². The van der Waals surface area contributed by atoms with E-state index in [1.807, 2.05) is 0 Å². The second-order valence-corrected chi connectivity index (χ2v) is 3.59. The van der Waals surface area contributed by atoms with Gasteiger partial charge >= 0.3 is 0 Å². The lowest BCUT2D eigenvalue weighted by Crippen LogP contribution is -2.15. The third-order valence-corrected chi connectivity index (χ3v) is 1.99. The first-order valence-electron chi connectivity index (χ1n) is 5.84. The van der Waals surface area contributed by atoms with Gasteiger partial charge in [0.1, 0.15) is 6.10 Å². The molecular formula is C11H26O5. The maximum absolute atomic E-state index is 8.43. The molecule has 5 nitrogen and oxygen atoms in total. The van der Waals surface area contributed by atoms with Gasteiger partial charge in [-0.2, -0.15) is 0 Å². The van der Waals surface area contributed by atoms with E-state index in [1.54, 1.807) is 0 Å². The highest BCUT2D eigenvalue weighted by molar-refractivity contribution is 4.44. The molecule has 0 aliphatic rings. The Morgan fingerprint density at radius 2 is 0.875 bits per heavy atom. The number of unbranched alkanes of at least 4 members (excludes halogenated alkanes) is 5. The van der Waals surface area contributed by atoms with Crippen LogP contribution in [-0.4, -0.2) is 58.1 Å². The normalized spacial score (nSPS) is 10.1. The van der Waals surface area contributed by atoms with Crippen molar-refractivity contribution in [2.24, 2.45) is 0 Å². The van der Waals surface area contributed by atoms with Crippen molar-refractivity contribution in [1.82, 2.24) is 0 Å². The molecule has 0 unspecified atom stereocenters. The predicted molar refractivity (Wildman–Crippen MR) is 62.1 cm³/mol. The van der Waals surface area contributed by atoms with Gasteiger partial charge in [-0.3, -0.25) is 0 Å². The molecule has 0 saturated carbocycles. The van der Waals surface area contributed by atoms with Crippen LogP contribution >= 0.6 is 0 Å². The van der Waals surface area contributed by atoms with Crippen LogP contribution in [0.2, 0.25) is 0 Å². The lowest BCUT2D eigenvalue weighted by atomic mass is 10.1. The molecule has 0 radical (unpaired) electrons. The summed E-state index contributed by atoms with van der Waals surface area (Å²) >= 11 is 0. The van der Waals surface area contributed by atoms with E-state index in [1.165, 1.54) is 12.8 Å². The summed E-state index contributed by atoms with van der Waals surface area (Å²) in [5.74, 6) is 0. The molecule has 0 bridgehead atoms. The molecule has 0 aliphatic carbocycles. The molecule has 0 saturated heterocycles. The van der Waals surface area contributed by atoms with Crippen LogP contribution < -0.4 is 0 Å². The molecule has 0 atom stereocenters. The third-order valence-electron chi connectivity index (χ3n) is 1.99. The minimum Gasteiger partial charge on any atom is -0.396 e. The molecule has 16 heavy (non-hydrogen) atoms. The molecule has 0 fully saturated rings. The zero-order valence-electron chi connectivity index (χ0n) is 9.88. The van der Waals surface area contributed by atoms with Crippen LogP contribution in [0.15, 0.2) is 0 Å². The monoisotopic (exact) mass is 238 g/mol. The molecule has 0 amide bonds. The first kappa shape index (κ1) is 18.2. The molecule has 0 rings (SSSR count). The van der Waals surface area contributed by atoms with Gasteiger partial charge in [-0.25, -0.2) is 0 Å². The minimum atomic E-state index is -0.954. The topological polar surface area (TPSA) is 101 Å². The Morgan fingerprint density at radius 1 is 0.562 bits per heavy atom. The van der Waals surface area contributed by atoms with Gasteiger partial charge in [0.2, 0.25) is 0 Å². The van der Waals surface area contributed by atoms with Gasteiger partial charge in [0, 0.05) is 13.2 Å². The van der Waals surface area contributed by atoms with Gasteiger partial charge in [0.05, 0.1) is 13.2 Å². The zero-order chi connectivity index (χ0) is 12.6. The van der Waals surface area contributed by atoms with Crippen LogP contribution in [0.1, 0.15) is 38.5 Å². The van der Waals surface area contributed by atoms with Crippen molar-refractivity contribution in [1.29, 1.82) is 0 Å². The molecule has 0 aromatic rings. The maximum Gasteiger partial charge on any atom is 0.100 e. The van der Waals surface area contributed by atoms with E-state index < -0.39 is 6.10 Å². The van der Waals surface area contributed by atoms with Gasteiger partial charge in [-0.15, -0.1) is 0 Å². The molecule has 0 aromatic carbocycles. The van der Waals surface area contributed by atoms with E-state index >= 15 is 0 Å². The van der Waals surface area contributed by atoms with E-state index in [0.717, 1.165) is 25.7 Å². The summed E-state index contributed by atoms with van der Waals surface area (Å²) in [6.45, 7) is -0.0903. The predicted octanol–water partition coefficient (Wildman–Crippen LogP) is -0.357. The summed E-state index contributed by atoms with van der Waals surface area (Å²) < 4.78 is 0. The molecule has 0 aromatic heterocycles. The number of aliphatic hydroxyl groups is 5. The lowest BCUT2D eigenvalue weighted by molar-refractivity contribution is 0.0450. The average Bonchev–Trinajstić information content (AvgIpc) is 2.33. The van der Waals surface area contributed by atoms with E-state index in [4.69, 9.17) is 25.5 Å². The van der Waals surface area contributed by atoms with Crippen molar-refractivity contribution < 1.29 is 25.5 Å². The minimum absolute atomic E-state index is 0.319.